The standard InChI is InChI=1S/C20H32N6/c1-15(9-10-20(3,4)5)25-19(21-6)24-14-17-7-8-18(23-13-17)26-12-11-22-16(26)2/h7-8,11-13,15H,9-10,14H2,1-6H3,(H2,21,24,25). The van der Waals surface area contributed by atoms with Crippen LogP contribution in [0.1, 0.15) is 51.9 Å². The van der Waals surface area contributed by atoms with E-state index in [0.29, 0.717) is 18.0 Å². The van der Waals surface area contributed by atoms with Crippen molar-refractivity contribution in [3.05, 3.63) is 42.1 Å². The summed E-state index contributed by atoms with van der Waals surface area (Å²) < 4.78 is 1.97. The Hall–Kier alpha value is -2.37. The van der Waals surface area contributed by atoms with Crippen LogP contribution < -0.4 is 10.6 Å². The van der Waals surface area contributed by atoms with Crippen LogP contribution in [-0.2, 0) is 6.54 Å². The molecule has 2 aromatic rings. The number of rotatable bonds is 6. The second-order valence-corrected chi connectivity index (χ2v) is 7.94. The predicted octanol–water partition coefficient (Wildman–Crippen LogP) is 3.46. The molecule has 2 aromatic heterocycles. The Morgan fingerprint density at radius 1 is 1.27 bits per heavy atom. The highest BCUT2D eigenvalue weighted by Crippen LogP contribution is 2.21. The van der Waals surface area contributed by atoms with Gasteiger partial charge in [0.15, 0.2) is 5.96 Å². The Balaban J connectivity index is 1.85. The predicted molar refractivity (Wildman–Crippen MR) is 108 cm³/mol. The van der Waals surface area contributed by atoms with Crippen molar-refractivity contribution in [3.63, 3.8) is 0 Å². The van der Waals surface area contributed by atoms with Crippen LogP contribution in [0.2, 0.25) is 0 Å². The number of pyridine rings is 1. The van der Waals surface area contributed by atoms with Gasteiger partial charge >= 0.3 is 0 Å². The van der Waals surface area contributed by atoms with Crippen molar-refractivity contribution in [1.29, 1.82) is 0 Å². The molecule has 142 valence electrons. The zero-order valence-electron chi connectivity index (χ0n) is 16.9. The molecule has 0 radical (unpaired) electrons. The molecule has 0 aliphatic carbocycles. The summed E-state index contributed by atoms with van der Waals surface area (Å²) in [5, 5.41) is 6.82. The molecule has 2 N–H and O–H groups in total. The third-order valence-electron chi connectivity index (χ3n) is 4.28. The van der Waals surface area contributed by atoms with Crippen LogP contribution >= 0.6 is 0 Å². The Labute approximate surface area is 157 Å². The number of hydrogen-bond donors (Lipinski definition) is 2. The highest BCUT2D eigenvalue weighted by atomic mass is 15.2. The van der Waals surface area contributed by atoms with Crippen molar-refractivity contribution in [3.8, 4) is 5.82 Å². The van der Waals surface area contributed by atoms with Crippen molar-refractivity contribution in [2.24, 2.45) is 10.4 Å². The van der Waals surface area contributed by atoms with Gasteiger partial charge in [0.05, 0.1) is 0 Å². The van der Waals surface area contributed by atoms with Crippen LogP contribution in [0.4, 0.5) is 0 Å². The molecular formula is C20H32N6. The van der Waals surface area contributed by atoms with Gasteiger partial charge < -0.3 is 10.6 Å². The summed E-state index contributed by atoms with van der Waals surface area (Å²) in [4.78, 5) is 13.1. The van der Waals surface area contributed by atoms with Gasteiger partial charge in [0.25, 0.3) is 0 Å². The second-order valence-electron chi connectivity index (χ2n) is 7.94. The van der Waals surface area contributed by atoms with Gasteiger partial charge in [-0.2, -0.15) is 0 Å². The van der Waals surface area contributed by atoms with Gasteiger partial charge in [0.1, 0.15) is 11.6 Å². The molecular weight excluding hydrogens is 324 g/mol. The second kappa shape index (κ2) is 8.83. The lowest BCUT2D eigenvalue weighted by Crippen LogP contribution is -2.42. The van der Waals surface area contributed by atoms with Crippen LogP contribution in [0, 0.1) is 12.3 Å². The third kappa shape index (κ3) is 6.17. The molecule has 1 unspecified atom stereocenters. The first-order chi connectivity index (χ1) is 12.3. The maximum Gasteiger partial charge on any atom is 0.191 e. The third-order valence-corrected chi connectivity index (χ3v) is 4.28. The van der Waals surface area contributed by atoms with Gasteiger partial charge in [-0.15, -0.1) is 0 Å². The fraction of sp³-hybridized carbons (Fsp3) is 0.550. The zero-order chi connectivity index (χ0) is 19.2. The molecule has 0 amide bonds. The Morgan fingerprint density at radius 2 is 2.04 bits per heavy atom. The number of aromatic nitrogens is 3. The fourth-order valence-corrected chi connectivity index (χ4v) is 2.62. The highest BCUT2D eigenvalue weighted by Gasteiger charge is 2.13. The lowest BCUT2D eigenvalue weighted by Gasteiger charge is -2.23. The van der Waals surface area contributed by atoms with E-state index in [1.807, 2.05) is 30.0 Å². The van der Waals surface area contributed by atoms with Gasteiger partial charge in [-0.25, -0.2) is 9.97 Å². The van der Waals surface area contributed by atoms with E-state index in [9.17, 15) is 0 Å². The normalized spacial score (nSPS) is 13.5. The summed E-state index contributed by atoms with van der Waals surface area (Å²) in [6.07, 6.45) is 7.88. The number of imidazole rings is 1. The molecule has 6 nitrogen and oxygen atoms in total. The Kier molecular flexibility index (Phi) is 6.77. The van der Waals surface area contributed by atoms with E-state index >= 15 is 0 Å². The number of nitrogens with one attached hydrogen (secondary N) is 2. The first kappa shape index (κ1) is 19.9. The molecule has 2 heterocycles. The molecule has 0 fully saturated rings. The number of hydrogen-bond acceptors (Lipinski definition) is 3. The molecule has 6 heteroatoms. The Morgan fingerprint density at radius 3 is 2.58 bits per heavy atom. The van der Waals surface area contributed by atoms with E-state index in [-0.39, 0.29) is 0 Å². The largest absolute Gasteiger partial charge is 0.354 e. The molecule has 0 bridgehead atoms. The molecule has 0 spiro atoms. The quantitative estimate of drug-likeness (QED) is 0.614. The molecule has 0 aliphatic heterocycles. The van der Waals surface area contributed by atoms with Crippen LogP contribution in [0.25, 0.3) is 5.82 Å². The van der Waals surface area contributed by atoms with Crippen molar-refractivity contribution in [2.75, 3.05) is 7.05 Å². The maximum atomic E-state index is 4.53. The van der Waals surface area contributed by atoms with Crippen LogP contribution in [0.3, 0.4) is 0 Å². The van der Waals surface area contributed by atoms with E-state index < -0.39 is 0 Å². The zero-order valence-corrected chi connectivity index (χ0v) is 16.9. The average Bonchev–Trinajstić information content (AvgIpc) is 3.02. The summed E-state index contributed by atoms with van der Waals surface area (Å²) in [6, 6.07) is 4.46. The molecule has 26 heavy (non-hydrogen) atoms. The van der Waals surface area contributed by atoms with E-state index in [2.05, 4.69) is 59.4 Å². The van der Waals surface area contributed by atoms with Crippen molar-refractivity contribution in [1.82, 2.24) is 25.2 Å². The van der Waals surface area contributed by atoms with Gasteiger partial charge in [0.2, 0.25) is 0 Å². The number of aliphatic imine (C=N–C) groups is 1. The summed E-state index contributed by atoms with van der Waals surface area (Å²) in [7, 11) is 1.80. The summed E-state index contributed by atoms with van der Waals surface area (Å²) >= 11 is 0. The molecule has 2 rings (SSSR count). The number of guanidine groups is 1. The van der Waals surface area contributed by atoms with Gasteiger partial charge in [-0.3, -0.25) is 9.56 Å². The minimum absolute atomic E-state index is 0.355. The summed E-state index contributed by atoms with van der Waals surface area (Å²) in [5.41, 5.74) is 1.46. The summed E-state index contributed by atoms with van der Waals surface area (Å²) in [6.45, 7) is 11.7. The van der Waals surface area contributed by atoms with Crippen LogP contribution in [-0.4, -0.2) is 33.6 Å². The molecule has 1 atom stereocenters. The van der Waals surface area contributed by atoms with E-state index in [1.54, 1.807) is 13.2 Å². The van der Waals surface area contributed by atoms with Crippen LogP contribution in [0.5, 0.6) is 0 Å². The van der Waals surface area contributed by atoms with E-state index in [0.717, 1.165) is 29.6 Å². The maximum absolute atomic E-state index is 4.53. The average molecular weight is 357 g/mol. The first-order valence-electron chi connectivity index (χ1n) is 9.21. The lowest BCUT2D eigenvalue weighted by molar-refractivity contribution is 0.346. The number of nitrogens with zero attached hydrogens (tertiary/aromatic N) is 4. The molecule has 0 saturated carbocycles. The number of aryl methyl sites for hydroxylation is 1. The smallest absolute Gasteiger partial charge is 0.191 e. The lowest BCUT2D eigenvalue weighted by atomic mass is 9.89. The SMILES string of the molecule is CN=C(NCc1ccc(-n2ccnc2C)nc1)NC(C)CCC(C)(C)C. The van der Waals surface area contributed by atoms with Crippen molar-refractivity contribution < 1.29 is 0 Å². The fourth-order valence-electron chi connectivity index (χ4n) is 2.62. The van der Waals surface area contributed by atoms with Gasteiger partial charge in [0, 0.05) is 38.2 Å². The monoisotopic (exact) mass is 356 g/mol. The molecule has 0 saturated heterocycles. The van der Waals surface area contributed by atoms with E-state index in [4.69, 9.17) is 0 Å². The molecule has 0 aliphatic rings. The van der Waals surface area contributed by atoms with Crippen molar-refractivity contribution in [2.45, 2.75) is 60.0 Å². The topological polar surface area (TPSA) is 67.1 Å². The first-order valence-corrected chi connectivity index (χ1v) is 9.21. The summed E-state index contributed by atoms with van der Waals surface area (Å²) in [5.74, 6) is 2.63. The van der Waals surface area contributed by atoms with E-state index in [1.165, 1.54) is 6.42 Å². The van der Waals surface area contributed by atoms with Crippen LogP contribution in [0.15, 0.2) is 35.7 Å². The Bertz CT molecular complexity index is 709. The van der Waals surface area contributed by atoms with Crippen molar-refractivity contribution >= 4 is 5.96 Å². The minimum atomic E-state index is 0.355. The van der Waals surface area contributed by atoms with Gasteiger partial charge in [-0.05, 0) is 43.7 Å². The molecule has 0 aromatic carbocycles. The highest BCUT2D eigenvalue weighted by molar-refractivity contribution is 5.79. The minimum Gasteiger partial charge on any atom is -0.354 e. The van der Waals surface area contributed by atoms with Gasteiger partial charge in [-0.1, -0.05) is 26.8 Å².